The number of hydrogen-bond donors (Lipinski definition) is 2. The highest BCUT2D eigenvalue weighted by Crippen LogP contribution is 2.30. The van der Waals surface area contributed by atoms with Gasteiger partial charge < -0.3 is 20.1 Å². The smallest absolute Gasteiger partial charge is 0.323 e. The number of urea groups is 1. The van der Waals surface area contributed by atoms with Crippen LogP contribution in [-0.4, -0.2) is 30.0 Å². The molecule has 1 heterocycles. The molecule has 0 atom stereocenters. The molecule has 0 aliphatic heterocycles. The molecule has 0 unspecified atom stereocenters. The van der Waals surface area contributed by atoms with Gasteiger partial charge in [-0.05, 0) is 38.5 Å². The van der Waals surface area contributed by atoms with Crippen LogP contribution < -0.4 is 20.1 Å². The number of amides is 2. The summed E-state index contributed by atoms with van der Waals surface area (Å²) in [5, 5.41) is 10.3. The second kappa shape index (κ2) is 8.68. The molecular formula is C22H26N4O3. The first-order valence-corrected chi connectivity index (χ1v) is 9.31. The average molecular weight is 394 g/mol. The molecule has 3 rings (SSSR count). The molecule has 2 N–H and O–H groups in total. The maximum Gasteiger partial charge on any atom is 0.323 e. The molecule has 0 aliphatic rings. The highest BCUT2D eigenvalue weighted by Gasteiger charge is 2.15. The van der Waals surface area contributed by atoms with Gasteiger partial charge in [-0.3, -0.25) is 4.68 Å². The van der Waals surface area contributed by atoms with Crippen LogP contribution in [0.5, 0.6) is 11.5 Å². The lowest BCUT2D eigenvalue weighted by molar-refractivity contribution is 0.262. The number of carbonyl (C=O) groups excluding carboxylic acids is 1. The lowest BCUT2D eigenvalue weighted by Gasteiger charge is -2.12. The molecule has 0 fully saturated rings. The number of anilines is 2. The third-order valence-electron chi connectivity index (χ3n) is 4.68. The summed E-state index contributed by atoms with van der Waals surface area (Å²) < 4.78 is 12.4. The highest BCUT2D eigenvalue weighted by molar-refractivity contribution is 6.00. The van der Waals surface area contributed by atoms with E-state index in [0.717, 1.165) is 17.0 Å². The molecule has 0 spiro atoms. The number of aromatic nitrogens is 2. The van der Waals surface area contributed by atoms with Crippen LogP contribution in [0.2, 0.25) is 0 Å². The van der Waals surface area contributed by atoms with Gasteiger partial charge in [-0.1, -0.05) is 29.8 Å². The van der Waals surface area contributed by atoms with Crippen molar-refractivity contribution in [1.82, 2.24) is 9.78 Å². The van der Waals surface area contributed by atoms with E-state index in [1.807, 2.05) is 24.6 Å². The van der Waals surface area contributed by atoms with Gasteiger partial charge >= 0.3 is 6.03 Å². The van der Waals surface area contributed by atoms with Gasteiger partial charge in [0, 0.05) is 11.8 Å². The van der Waals surface area contributed by atoms with Crippen molar-refractivity contribution < 1.29 is 14.3 Å². The van der Waals surface area contributed by atoms with Crippen LogP contribution in [0.15, 0.2) is 42.5 Å². The zero-order valence-electron chi connectivity index (χ0n) is 17.4. The Morgan fingerprint density at radius 2 is 1.76 bits per heavy atom. The summed E-state index contributed by atoms with van der Waals surface area (Å²) in [5.74, 6) is 1.14. The van der Waals surface area contributed by atoms with Crippen LogP contribution >= 0.6 is 0 Å². The zero-order valence-corrected chi connectivity index (χ0v) is 17.4. The summed E-state index contributed by atoms with van der Waals surface area (Å²) in [7, 11) is 3.12. The summed E-state index contributed by atoms with van der Waals surface area (Å²) in [5.41, 5.74) is 5.33. The minimum Gasteiger partial charge on any atom is -0.493 e. The van der Waals surface area contributed by atoms with Crippen molar-refractivity contribution in [3.8, 4) is 11.5 Å². The molecule has 0 saturated heterocycles. The first-order chi connectivity index (χ1) is 13.9. The Hall–Kier alpha value is -3.48. The maximum absolute atomic E-state index is 12.5. The molecule has 0 saturated carbocycles. The topological polar surface area (TPSA) is 77.4 Å². The van der Waals surface area contributed by atoms with E-state index in [2.05, 4.69) is 40.9 Å². The average Bonchev–Trinajstić information content (AvgIpc) is 2.95. The maximum atomic E-state index is 12.5. The van der Waals surface area contributed by atoms with E-state index in [9.17, 15) is 4.79 Å². The summed E-state index contributed by atoms with van der Waals surface area (Å²) in [6.07, 6.45) is 0. The van der Waals surface area contributed by atoms with E-state index in [1.54, 1.807) is 32.4 Å². The van der Waals surface area contributed by atoms with Gasteiger partial charge in [0.2, 0.25) is 0 Å². The number of ether oxygens (including phenoxy) is 2. The highest BCUT2D eigenvalue weighted by atomic mass is 16.5. The Labute approximate surface area is 170 Å². The molecule has 7 nitrogen and oxygen atoms in total. The van der Waals surface area contributed by atoms with Crippen molar-refractivity contribution in [2.24, 2.45) is 0 Å². The Morgan fingerprint density at radius 1 is 1.00 bits per heavy atom. The number of nitrogens with zero attached hydrogens (tertiary/aromatic N) is 2. The lowest BCUT2D eigenvalue weighted by atomic mass is 10.1. The molecule has 1 aromatic heterocycles. The third-order valence-corrected chi connectivity index (χ3v) is 4.68. The van der Waals surface area contributed by atoms with E-state index in [-0.39, 0.29) is 6.03 Å². The van der Waals surface area contributed by atoms with Gasteiger partial charge in [0.25, 0.3) is 0 Å². The fourth-order valence-electron chi connectivity index (χ4n) is 3.21. The predicted octanol–water partition coefficient (Wildman–Crippen LogP) is 4.52. The van der Waals surface area contributed by atoms with E-state index in [1.165, 1.54) is 5.56 Å². The van der Waals surface area contributed by atoms with Crippen molar-refractivity contribution in [3.63, 3.8) is 0 Å². The summed E-state index contributed by atoms with van der Waals surface area (Å²) in [6.45, 7) is 6.54. The van der Waals surface area contributed by atoms with Gasteiger partial charge in [0.1, 0.15) is 0 Å². The van der Waals surface area contributed by atoms with Crippen LogP contribution in [0.25, 0.3) is 0 Å². The van der Waals surface area contributed by atoms with Gasteiger partial charge in [0.05, 0.1) is 37.8 Å². The van der Waals surface area contributed by atoms with Crippen molar-refractivity contribution in [2.75, 3.05) is 24.9 Å². The second-order valence-corrected chi connectivity index (χ2v) is 6.84. The van der Waals surface area contributed by atoms with Gasteiger partial charge in [-0.2, -0.15) is 5.10 Å². The van der Waals surface area contributed by atoms with Crippen LogP contribution in [0, 0.1) is 20.8 Å². The van der Waals surface area contributed by atoms with Crippen LogP contribution in [0.1, 0.15) is 22.5 Å². The number of benzene rings is 2. The van der Waals surface area contributed by atoms with Gasteiger partial charge in [-0.15, -0.1) is 0 Å². The second-order valence-electron chi connectivity index (χ2n) is 6.84. The van der Waals surface area contributed by atoms with Crippen LogP contribution in [0.4, 0.5) is 16.2 Å². The van der Waals surface area contributed by atoms with E-state index < -0.39 is 0 Å². The minimum absolute atomic E-state index is 0.349. The molecule has 0 aliphatic carbocycles. The largest absolute Gasteiger partial charge is 0.493 e. The first kappa shape index (κ1) is 20.3. The van der Waals surface area contributed by atoms with E-state index in [0.29, 0.717) is 29.4 Å². The van der Waals surface area contributed by atoms with Crippen molar-refractivity contribution in [3.05, 3.63) is 65.0 Å². The van der Waals surface area contributed by atoms with E-state index in [4.69, 9.17) is 9.47 Å². The Morgan fingerprint density at radius 3 is 2.45 bits per heavy atom. The number of rotatable bonds is 6. The van der Waals surface area contributed by atoms with Gasteiger partial charge in [0.15, 0.2) is 11.5 Å². The monoisotopic (exact) mass is 394 g/mol. The fraction of sp³-hybridized carbons (Fsp3) is 0.273. The number of hydrogen-bond acceptors (Lipinski definition) is 4. The van der Waals surface area contributed by atoms with Crippen molar-refractivity contribution in [2.45, 2.75) is 27.3 Å². The minimum atomic E-state index is -0.349. The van der Waals surface area contributed by atoms with Crippen LogP contribution in [-0.2, 0) is 6.54 Å². The summed E-state index contributed by atoms with van der Waals surface area (Å²) >= 11 is 0. The molecule has 2 amide bonds. The molecule has 3 aromatic rings. The molecule has 0 radical (unpaired) electrons. The predicted molar refractivity (Wildman–Crippen MR) is 114 cm³/mol. The fourth-order valence-corrected chi connectivity index (χ4v) is 3.21. The Balaban J connectivity index is 1.73. The quantitative estimate of drug-likeness (QED) is 0.644. The number of methoxy groups -OCH3 is 2. The molecular weight excluding hydrogens is 368 g/mol. The third kappa shape index (κ3) is 4.68. The summed E-state index contributed by atoms with van der Waals surface area (Å²) in [4.78, 5) is 12.5. The van der Waals surface area contributed by atoms with Crippen molar-refractivity contribution >= 4 is 17.4 Å². The van der Waals surface area contributed by atoms with Crippen LogP contribution in [0.3, 0.4) is 0 Å². The number of aryl methyl sites for hydroxylation is 2. The Bertz CT molecular complexity index is 1030. The first-order valence-electron chi connectivity index (χ1n) is 9.31. The zero-order chi connectivity index (χ0) is 21.0. The molecule has 7 heteroatoms. The number of carbonyl (C=O) groups is 1. The number of nitrogens with one attached hydrogen (secondary N) is 2. The molecule has 0 bridgehead atoms. The molecule has 29 heavy (non-hydrogen) atoms. The molecule has 152 valence electrons. The summed E-state index contributed by atoms with van der Waals surface area (Å²) in [6, 6.07) is 13.2. The Kier molecular flexibility index (Phi) is 6.07. The normalized spacial score (nSPS) is 10.5. The SMILES string of the molecule is COc1ccc(NC(=O)Nc2c(C)nn(Cc3cccc(C)c3)c2C)cc1OC. The molecule has 2 aromatic carbocycles. The van der Waals surface area contributed by atoms with Crippen molar-refractivity contribution in [1.29, 1.82) is 0 Å². The van der Waals surface area contributed by atoms with Gasteiger partial charge in [-0.25, -0.2) is 4.79 Å². The lowest BCUT2D eigenvalue weighted by Crippen LogP contribution is -2.20. The standard InChI is InChI=1S/C22H26N4O3/c1-14-7-6-8-17(11-14)13-26-16(3)21(15(2)25-26)24-22(27)23-18-9-10-19(28-4)20(12-18)29-5/h6-12H,13H2,1-5H3,(H2,23,24,27). The van der Waals surface area contributed by atoms with E-state index >= 15 is 0 Å².